The molecule has 3 N–H and O–H groups in total. The minimum Gasteiger partial charge on any atom is -0.478 e. The highest BCUT2D eigenvalue weighted by Gasteiger charge is 2.14. The fraction of sp³-hybridized carbons (Fsp3) is 0. The summed E-state index contributed by atoms with van der Waals surface area (Å²) in [5, 5.41) is 11.3. The molecule has 0 unspecified atom stereocenters. The van der Waals surface area contributed by atoms with E-state index in [9.17, 15) is 9.90 Å². The first-order valence-corrected chi connectivity index (χ1v) is 6.43. The Bertz CT molecular complexity index is 827. The molecule has 0 radical (unpaired) electrons. The van der Waals surface area contributed by atoms with E-state index in [1.54, 1.807) is 18.2 Å². The molecule has 0 aromatic heterocycles. The summed E-state index contributed by atoms with van der Waals surface area (Å²) in [7, 11) is 0. The number of benzene rings is 3. The Morgan fingerprint density at radius 2 is 1.71 bits per heavy atom. The number of aromatic carboxylic acids is 1. The number of fused-ring (bicyclic) bond motifs is 1. The van der Waals surface area contributed by atoms with E-state index in [1.165, 1.54) is 6.07 Å². The predicted octanol–water partition coefficient (Wildman–Crippen LogP) is 3.91. The number of ether oxygens (including phenoxy) is 1. The van der Waals surface area contributed by atoms with Gasteiger partial charge in [-0.15, -0.1) is 0 Å². The SMILES string of the molecule is Nc1cccc(C(=O)O)c1Oc1ccc2ccccc2c1. The summed E-state index contributed by atoms with van der Waals surface area (Å²) in [5.41, 5.74) is 6.17. The zero-order chi connectivity index (χ0) is 14.8. The molecule has 4 nitrogen and oxygen atoms in total. The number of para-hydroxylation sites is 1. The molecule has 0 heterocycles. The molecule has 0 amide bonds. The van der Waals surface area contributed by atoms with Crippen LogP contribution in [0.1, 0.15) is 10.4 Å². The largest absolute Gasteiger partial charge is 0.478 e. The zero-order valence-electron chi connectivity index (χ0n) is 11.1. The molecule has 0 saturated heterocycles. The van der Waals surface area contributed by atoms with Gasteiger partial charge in [-0.05, 0) is 35.0 Å². The van der Waals surface area contributed by atoms with Gasteiger partial charge in [0, 0.05) is 0 Å². The van der Waals surface area contributed by atoms with E-state index in [4.69, 9.17) is 10.5 Å². The van der Waals surface area contributed by atoms with Gasteiger partial charge < -0.3 is 15.6 Å². The van der Waals surface area contributed by atoms with Crippen molar-refractivity contribution in [1.29, 1.82) is 0 Å². The second kappa shape index (κ2) is 5.17. The molecule has 0 spiro atoms. The van der Waals surface area contributed by atoms with Crippen LogP contribution >= 0.6 is 0 Å². The summed E-state index contributed by atoms with van der Waals surface area (Å²) in [6.07, 6.45) is 0. The van der Waals surface area contributed by atoms with Crippen molar-refractivity contribution >= 4 is 22.4 Å². The molecule has 0 aliphatic heterocycles. The van der Waals surface area contributed by atoms with Gasteiger partial charge in [-0.25, -0.2) is 4.79 Å². The Labute approximate surface area is 121 Å². The van der Waals surface area contributed by atoms with Crippen molar-refractivity contribution in [3.05, 3.63) is 66.2 Å². The molecular formula is C17H13NO3. The summed E-state index contributed by atoms with van der Waals surface area (Å²) in [4.78, 5) is 11.2. The number of nitrogen functional groups attached to an aromatic ring is 1. The first-order valence-electron chi connectivity index (χ1n) is 6.43. The number of hydrogen-bond donors (Lipinski definition) is 2. The first kappa shape index (κ1) is 13.0. The van der Waals surface area contributed by atoms with Crippen LogP contribution < -0.4 is 10.5 Å². The standard InChI is InChI=1S/C17H13NO3/c18-15-7-3-6-14(17(19)20)16(15)21-13-9-8-11-4-1-2-5-12(11)10-13/h1-10H,18H2,(H,19,20). The molecule has 4 heteroatoms. The third-order valence-electron chi connectivity index (χ3n) is 3.22. The van der Waals surface area contributed by atoms with Crippen molar-refractivity contribution in [2.24, 2.45) is 0 Å². The summed E-state index contributed by atoms with van der Waals surface area (Å²) < 4.78 is 5.70. The van der Waals surface area contributed by atoms with Crippen molar-refractivity contribution in [3.63, 3.8) is 0 Å². The van der Waals surface area contributed by atoms with Gasteiger partial charge in [0.25, 0.3) is 0 Å². The van der Waals surface area contributed by atoms with Gasteiger partial charge >= 0.3 is 5.97 Å². The third-order valence-corrected chi connectivity index (χ3v) is 3.22. The highest BCUT2D eigenvalue weighted by Crippen LogP contribution is 2.32. The van der Waals surface area contributed by atoms with Crippen molar-refractivity contribution in [2.45, 2.75) is 0 Å². The van der Waals surface area contributed by atoms with Gasteiger partial charge in [0.05, 0.1) is 5.69 Å². The minimum absolute atomic E-state index is 0.0446. The molecule has 0 bridgehead atoms. The predicted molar refractivity (Wildman–Crippen MR) is 81.8 cm³/mol. The molecule has 104 valence electrons. The molecule has 21 heavy (non-hydrogen) atoms. The van der Waals surface area contributed by atoms with Crippen LogP contribution in [0.15, 0.2) is 60.7 Å². The lowest BCUT2D eigenvalue weighted by Gasteiger charge is -2.11. The Balaban J connectivity index is 2.04. The minimum atomic E-state index is -1.07. The number of nitrogens with two attached hydrogens (primary N) is 1. The van der Waals surface area contributed by atoms with E-state index < -0.39 is 5.97 Å². The number of carboxylic acid groups (broad SMARTS) is 1. The van der Waals surface area contributed by atoms with Crippen molar-refractivity contribution < 1.29 is 14.6 Å². The molecule has 0 aliphatic rings. The fourth-order valence-corrected chi connectivity index (χ4v) is 2.19. The lowest BCUT2D eigenvalue weighted by molar-refractivity contribution is 0.0694. The van der Waals surface area contributed by atoms with Crippen molar-refractivity contribution in [3.8, 4) is 11.5 Å². The Kier molecular flexibility index (Phi) is 3.20. The normalized spacial score (nSPS) is 10.5. The molecule has 3 rings (SSSR count). The second-order valence-corrected chi connectivity index (χ2v) is 4.64. The number of carboxylic acids is 1. The number of carbonyl (C=O) groups is 1. The lowest BCUT2D eigenvalue weighted by Crippen LogP contribution is -2.02. The maximum atomic E-state index is 11.2. The molecule has 0 aliphatic carbocycles. The number of hydrogen-bond acceptors (Lipinski definition) is 3. The molecule has 0 atom stereocenters. The average Bonchev–Trinajstić information content (AvgIpc) is 2.49. The van der Waals surface area contributed by atoms with Crippen LogP contribution in [-0.4, -0.2) is 11.1 Å². The van der Waals surface area contributed by atoms with Crippen molar-refractivity contribution in [1.82, 2.24) is 0 Å². The van der Waals surface area contributed by atoms with E-state index >= 15 is 0 Å². The Morgan fingerprint density at radius 1 is 0.952 bits per heavy atom. The summed E-state index contributed by atoms with van der Waals surface area (Å²) in [6, 6.07) is 18.1. The van der Waals surface area contributed by atoms with Gasteiger partial charge in [0.15, 0.2) is 5.75 Å². The quantitative estimate of drug-likeness (QED) is 0.713. The van der Waals surface area contributed by atoms with E-state index in [0.29, 0.717) is 11.4 Å². The fourth-order valence-electron chi connectivity index (χ4n) is 2.19. The maximum Gasteiger partial charge on any atom is 0.339 e. The molecular weight excluding hydrogens is 266 g/mol. The second-order valence-electron chi connectivity index (χ2n) is 4.64. The third kappa shape index (κ3) is 2.51. The molecule has 0 saturated carbocycles. The van der Waals surface area contributed by atoms with E-state index in [0.717, 1.165) is 10.8 Å². The highest BCUT2D eigenvalue weighted by molar-refractivity contribution is 5.93. The van der Waals surface area contributed by atoms with Crippen LogP contribution in [-0.2, 0) is 0 Å². The van der Waals surface area contributed by atoms with E-state index in [-0.39, 0.29) is 11.3 Å². The van der Waals surface area contributed by atoms with Gasteiger partial charge in [-0.2, -0.15) is 0 Å². The van der Waals surface area contributed by atoms with Crippen LogP contribution in [0.25, 0.3) is 10.8 Å². The lowest BCUT2D eigenvalue weighted by atomic mass is 10.1. The number of anilines is 1. The van der Waals surface area contributed by atoms with Gasteiger partial charge in [-0.3, -0.25) is 0 Å². The number of rotatable bonds is 3. The highest BCUT2D eigenvalue weighted by atomic mass is 16.5. The molecule has 3 aromatic rings. The van der Waals surface area contributed by atoms with Crippen LogP contribution in [0.2, 0.25) is 0 Å². The summed E-state index contributed by atoms with van der Waals surface area (Å²) in [5.74, 6) is -0.354. The monoisotopic (exact) mass is 279 g/mol. The summed E-state index contributed by atoms with van der Waals surface area (Å²) >= 11 is 0. The van der Waals surface area contributed by atoms with Gasteiger partial charge in [0.2, 0.25) is 0 Å². The smallest absolute Gasteiger partial charge is 0.339 e. The molecule has 3 aromatic carbocycles. The van der Waals surface area contributed by atoms with Crippen LogP contribution in [0.3, 0.4) is 0 Å². The summed E-state index contributed by atoms with van der Waals surface area (Å²) in [6.45, 7) is 0. The van der Waals surface area contributed by atoms with Gasteiger partial charge in [0.1, 0.15) is 11.3 Å². The van der Waals surface area contributed by atoms with Crippen LogP contribution in [0.5, 0.6) is 11.5 Å². The average molecular weight is 279 g/mol. The Hall–Kier alpha value is -3.01. The topological polar surface area (TPSA) is 72.6 Å². The zero-order valence-corrected chi connectivity index (χ0v) is 11.1. The van der Waals surface area contributed by atoms with Crippen LogP contribution in [0, 0.1) is 0 Å². The van der Waals surface area contributed by atoms with E-state index in [2.05, 4.69) is 0 Å². The maximum absolute atomic E-state index is 11.2. The van der Waals surface area contributed by atoms with Gasteiger partial charge in [-0.1, -0.05) is 36.4 Å². The Morgan fingerprint density at radius 3 is 2.48 bits per heavy atom. The van der Waals surface area contributed by atoms with Crippen LogP contribution in [0.4, 0.5) is 5.69 Å². The molecule has 0 fully saturated rings. The first-order chi connectivity index (χ1) is 10.1. The van der Waals surface area contributed by atoms with E-state index in [1.807, 2.05) is 36.4 Å². The van der Waals surface area contributed by atoms with Crippen molar-refractivity contribution in [2.75, 3.05) is 5.73 Å².